The molecular formula is C26H30ClF3N6O2. The number of nitrogens with one attached hydrogen (secondary N) is 3. The van der Waals surface area contributed by atoms with Gasteiger partial charge in [0.1, 0.15) is 10.8 Å². The number of fused-ring (bicyclic) bond motifs is 3. The van der Waals surface area contributed by atoms with E-state index in [2.05, 4.69) is 32.0 Å². The number of rotatable bonds is 8. The van der Waals surface area contributed by atoms with Crippen LogP contribution >= 0.6 is 11.6 Å². The quantitative estimate of drug-likeness (QED) is 0.285. The van der Waals surface area contributed by atoms with E-state index in [9.17, 15) is 18.0 Å². The summed E-state index contributed by atoms with van der Waals surface area (Å²) in [6.45, 7) is -0.999. The van der Waals surface area contributed by atoms with Crippen molar-refractivity contribution in [3.63, 3.8) is 0 Å². The highest BCUT2D eigenvalue weighted by molar-refractivity contribution is 6.32. The lowest BCUT2D eigenvalue weighted by Crippen LogP contribution is -2.41. The SMILES string of the molecule is COc1c(Nc2ncc(Cl)c(N[C@H]3[C@@H](C(N)=O)[C@@H]4C=C[C@H]3C4)n2)ccc2c1CCC(NCC(F)(F)F)CC2. The predicted molar refractivity (Wildman–Crippen MR) is 139 cm³/mol. The van der Waals surface area contributed by atoms with E-state index in [0.717, 1.165) is 17.5 Å². The minimum Gasteiger partial charge on any atom is -0.494 e. The Balaban J connectivity index is 1.33. The lowest BCUT2D eigenvalue weighted by atomic mass is 9.88. The number of carbonyl (C=O) groups is 1. The van der Waals surface area contributed by atoms with Crippen molar-refractivity contribution in [2.24, 2.45) is 23.5 Å². The van der Waals surface area contributed by atoms with Crippen molar-refractivity contribution in [3.8, 4) is 5.75 Å². The number of anilines is 3. The first-order valence-electron chi connectivity index (χ1n) is 12.7. The average molecular weight is 551 g/mol. The zero-order chi connectivity index (χ0) is 27.0. The van der Waals surface area contributed by atoms with Gasteiger partial charge in [-0.2, -0.15) is 18.2 Å². The van der Waals surface area contributed by atoms with Crippen LogP contribution in [0.1, 0.15) is 30.4 Å². The van der Waals surface area contributed by atoms with Gasteiger partial charge in [-0.05, 0) is 61.1 Å². The Morgan fingerprint density at radius 3 is 2.71 bits per heavy atom. The summed E-state index contributed by atoms with van der Waals surface area (Å²) in [6, 6.07) is 3.38. The van der Waals surface area contributed by atoms with Gasteiger partial charge in [-0.1, -0.05) is 29.8 Å². The fraction of sp³-hybridized carbons (Fsp3) is 0.500. The number of hydrogen-bond acceptors (Lipinski definition) is 7. The molecule has 8 nitrogen and oxygen atoms in total. The summed E-state index contributed by atoms with van der Waals surface area (Å²) in [5, 5.41) is 9.47. The molecule has 3 aliphatic rings. The molecule has 5 atom stereocenters. The number of amides is 1. The maximum absolute atomic E-state index is 12.7. The summed E-state index contributed by atoms with van der Waals surface area (Å²) in [5.74, 6) is 0.870. The number of aromatic nitrogens is 2. The van der Waals surface area contributed by atoms with Crippen molar-refractivity contribution in [3.05, 3.63) is 46.6 Å². The third-order valence-corrected chi connectivity index (χ3v) is 8.02. The molecule has 1 saturated carbocycles. The van der Waals surface area contributed by atoms with Crippen molar-refractivity contribution in [1.82, 2.24) is 15.3 Å². The van der Waals surface area contributed by atoms with Gasteiger partial charge in [0.25, 0.3) is 0 Å². The number of hydrogen-bond donors (Lipinski definition) is 4. The molecule has 2 bridgehead atoms. The molecular weight excluding hydrogens is 521 g/mol. The van der Waals surface area contributed by atoms with E-state index in [0.29, 0.717) is 48.0 Å². The number of nitrogens with zero attached hydrogens (tertiary/aromatic N) is 2. The van der Waals surface area contributed by atoms with Gasteiger partial charge in [0.05, 0.1) is 31.5 Å². The number of ether oxygens (including phenoxy) is 1. The van der Waals surface area contributed by atoms with Crippen LogP contribution in [0.3, 0.4) is 0 Å². The molecule has 0 radical (unpaired) electrons. The van der Waals surface area contributed by atoms with Crippen LogP contribution in [0.25, 0.3) is 0 Å². The number of carbonyl (C=O) groups excluding carboxylic acids is 1. The second-order valence-electron chi connectivity index (χ2n) is 10.1. The summed E-state index contributed by atoms with van der Waals surface area (Å²) in [4.78, 5) is 21.0. The van der Waals surface area contributed by atoms with Crippen LogP contribution in [0.4, 0.5) is 30.6 Å². The smallest absolute Gasteiger partial charge is 0.401 e. The number of methoxy groups -OCH3 is 1. The third kappa shape index (κ3) is 5.54. The molecule has 0 spiro atoms. The number of allylic oxidation sites excluding steroid dienone is 1. The largest absolute Gasteiger partial charge is 0.494 e. The topological polar surface area (TPSA) is 114 Å². The highest BCUT2D eigenvalue weighted by Gasteiger charge is 2.47. The molecule has 0 aliphatic heterocycles. The lowest BCUT2D eigenvalue weighted by molar-refractivity contribution is -0.126. The van der Waals surface area contributed by atoms with Crippen molar-refractivity contribution < 1.29 is 22.7 Å². The van der Waals surface area contributed by atoms with Gasteiger partial charge in [0.15, 0.2) is 5.82 Å². The normalized spacial score (nSPS) is 26.1. The molecule has 1 aromatic heterocycles. The van der Waals surface area contributed by atoms with Crippen LogP contribution in [0.2, 0.25) is 5.02 Å². The van der Waals surface area contributed by atoms with Crippen molar-refractivity contribution in [2.45, 2.75) is 50.4 Å². The molecule has 204 valence electrons. The Morgan fingerprint density at radius 2 is 1.97 bits per heavy atom. The second kappa shape index (κ2) is 10.6. The average Bonchev–Trinajstić information content (AvgIpc) is 3.40. The van der Waals surface area contributed by atoms with Gasteiger partial charge in [0, 0.05) is 12.1 Å². The van der Waals surface area contributed by atoms with E-state index in [4.69, 9.17) is 22.1 Å². The Kier molecular flexibility index (Phi) is 7.41. The maximum Gasteiger partial charge on any atom is 0.401 e. The first-order valence-corrected chi connectivity index (χ1v) is 13.0. The van der Waals surface area contributed by atoms with Gasteiger partial charge in [-0.25, -0.2) is 4.98 Å². The molecule has 1 fully saturated rings. The number of primary amides is 1. The number of halogens is 4. The number of benzene rings is 1. The van der Waals surface area contributed by atoms with Crippen LogP contribution in [0.15, 0.2) is 30.5 Å². The Labute approximate surface area is 223 Å². The molecule has 38 heavy (non-hydrogen) atoms. The monoisotopic (exact) mass is 550 g/mol. The first kappa shape index (κ1) is 26.6. The van der Waals surface area contributed by atoms with Gasteiger partial charge in [-0.15, -0.1) is 0 Å². The highest BCUT2D eigenvalue weighted by atomic mass is 35.5. The van der Waals surface area contributed by atoms with Crippen LogP contribution in [-0.4, -0.2) is 47.8 Å². The van der Waals surface area contributed by atoms with Gasteiger partial charge >= 0.3 is 6.18 Å². The minimum atomic E-state index is -4.24. The van der Waals surface area contributed by atoms with E-state index in [-0.39, 0.29) is 41.7 Å². The molecule has 3 aliphatic carbocycles. The highest BCUT2D eigenvalue weighted by Crippen LogP contribution is 2.45. The maximum atomic E-state index is 12.7. The van der Waals surface area contributed by atoms with E-state index in [1.165, 1.54) is 6.20 Å². The van der Waals surface area contributed by atoms with E-state index in [1.54, 1.807) is 7.11 Å². The number of alkyl halides is 3. The third-order valence-electron chi connectivity index (χ3n) is 7.74. The van der Waals surface area contributed by atoms with E-state index >= 15 is 0 Å². The predicted octanol–water partition coefficient (Wildman–Crippen LogP) is 4.37. The molecule has 12 heteroatoms. The van der Waals surface area contributed by atoms with Crippen LogP contribution in [-0.2, 0) is 17.6 Å². The summed E-state index contributed by atoms with van der Waals surface area (Å²) in [7, 11) is 1.56. The molecule has 1 aromatic carbocycles. The molecule has 1 unspecified atom stereocenters. The summed E-state index contributed by atoms with van der Waals surface area (Å²) in [6.07, 6.45) is 4.63. The molecule has 0 saturated heterocycles. The summed E-state index contributed by atoms with van der Waals surface area (Å²) < 4.78 is 43.8. The standard InChI is InChI=1S/C26H30ClF3N6O2/c1-38-22-17-8-7-16(33-12-26(28,29)30)6-4-13(17)5-9-19(22)34-25-32-11-18(27)24(36-25)35-21-15-3-2-14(10-15)20(21)23(31)37/h2-3,5,9,11,14-16,20-21,33H,4,6-8,10,12H2,1H3,(H2,31,37)(H2,32,34,35,36)/t14-,15+,16?,20+,21-/m1/s1. The van der Waals surface area contributed by atoms with Crippen LogP contribution in [0, 0.1) is 17.8 Å². The molecule has 2 aromatic rings. The van der Waals surface area contributed by atoms with Gasteiger partial charge < -0.3 is 26.4 Å². The fourth-order valence-corrected chi connectivity index (χ4v) is 6.12. The van der Waals surface area contributed by atoms with Gasteiger partial charge in [0.2, 0.25) is 11.9 Å². The summed E-state index contributed by atoms with van der Waals surface area (Å²) >= 11 is 6.40. The Hall–Kier alpha value is -3.05. The molecule has 1 heterocycles. The van der Waals surface area contributed by atoms with E-state index in [1.807, 2.05) is 18.2 Å². The molecule has 1 amide bonds. The lowest BCUT2D eigenvalue weighted by Gasteiger charge is -2.27. The Morgan fingerprint density at radius 1 is 1.21 bits per heavy atom. The van der Waals surface area contributed by atoms with Crippen molar-refractivity contribution in [1.29, 1.82) is 0 Å². The number of aryl methyl sites for hydroxylation is 1. The molecule has 5 rings (SSSR count). The molecule has 5 N–H and O–H groups in total. The number of nitrogens with two attached hydrogens (primary N) is 1. The van der Waals surface area contributed by atoms with Crippen molar-refractivity contribution in [2.75, 3.05) is 24.3 Å². The van der Waals surface area contributed by atoms with Gasteiger partial charge in [-0.3, -0.25) is 4.79 Å². The van der Waals surface area contributed by atoms with E-state index < -0.39 is 12.7 Å². The Bertz CT molecular complexity index is 1240. The minimum absolute atomic E-state index is 0.111. The van der Waals surface area contributed by atoms with Crippen molar-refractivity contribution >= 4 is 35.0 Å². The van der Waals surface area contributed by atoms with Crippen LogP contribution in [0.5, 0.6) is 5.75 Å². The zero-order valence-corrected chi connectivity index (χ0v) is 21.6. The first-order chi connectivity index (χ1) is 18.1. The zero-order valence-electron chi connectivity index (χ0n) is 20.8. The van der Waals surface area contributed by atoms with Crippen LogP contribution < -0.4 is 26.4 Å². The fourth-order valence-electron chi connectivity index (χ4n) is 5.98. The second-order valence-corrected chi connectivity index (χ2v) is 10.5. The summed E-state index contributed by atoms with van der Waals surface area (Å²) in [5.41, 5.74) is 8.32.